The minimum Gasteiger partial charge on any atom is -0.466 e. The number of carbonyl (C=O) groups is 2. The number of hydrogen-bond acceptors (Lipinski definition) is 7. The summed E-state index contributed by atoms with van der Waals surface area (Å²) in [6, 6.07) is 19.5. The van der Waals surface area contributed by atoms with Gasteiger partial charge in [-0.1, -0.05) is 65.8 Å². The van der Waals surface area contributed by atoms with Gasteiger partial charge in [0.2, 0.25) is 0 Å². The van der Waals surface area contributed by atoms with E-state index >= 15 is 0 Å². The standard InChI is InChI=1S/C28H31ClN4O3S/c1-3-36-27(35)23-13-8-14-33(18-23)26(34)22-12-7-11-21(15-22)19-37-28-30-24(29)16-25(31-28)32(2)17-20-9-5-4-6-10-20/h4-7,9-12,15-16,23H,3,8,13-14,17-19H2,1-2H3. The number of benzene rings is 2. The molecule has 0 bridgehead atoms. The maximum atomic E-state index is 13.2. The van der Waals surface area contributed by atoms with E-state index in [0.717, 1.165) is 24.2 Å². The average Bonchev–Trinajstić information content (AvgIpc) is 2.92. The van der Waals surface area contributed by atoms with Crippen molar-refractivity contribution >= 4 is 41.1 Å². The molecule has 0 saturated carbocycles. The Morgan fingerprint density at radius 3 is 2.68 bits per heavy atom. The zero-order chi connectivity index (χ0) is 26.2. The van der Waals surface area contributed by atoms with Crippen LogP contribution in [0.3, 0.4) is 0 Å². The van der Waals surface area contributed by atoms with Gasteiger partial charge < -0.3 is 14.5 Å². The van der Waals surface area contributed by atoms with Gasteiger partial charge in [-0.2, -0.15) is 0 Å². The van der Waals surface area contributed by atoms with E-state index in [2.05, 4.69) is 22.1 Å². The van der Waals surface area contributed by atoms with Crippen LogP contribution in [0.25, 0.3) is 0 Å². The van der Waals surface area contributed by atoms with Gasteiger partial charge in [0.25, 0.3) is 5.91 Å². The molecule has 4 rings (SSSR count). The molecule has 1 aromatic heterocycles. The lowest BCUT2D eigenvalue weighted by atomic mass is 9.97. The molecule has 37 heavy (non-hydrogen) atoms. The number of piperidine rings is 1. The monoisotopic (exact) mass is 538 g/mol. The number of amides is 1. The number of carbonyl (C=O) groups excluding carboxylic acids is 2. The van der Waals surface area contributed by atoms with E-state index < -0.39 is 0 Å². The number of hydrogen-bond donors (Lipinski definition) is 0. The summed E-state index contributed by atoms with van der Waals surface area (Å²) in [5, 5.41) is 0.963. The number of anilines is 1. The van der Waals surface area contributed by atoms with Crippen molar-refractivity contribution in [3.8, 4) is 0 Å². The van der Waals surface area contributed by atoms with E-state index in [1.807, 2.05) is 54.4 Å². The van der Waals surface area contributed by atoms with Crippen molar-refractivity contribution < 1.29 is 14.3 Å². The highest BCUT2D eigenvalue weighted by Crippen LogP contribution is 2.26. The van der Waals surface area contributed by atoms with Crippen LogP contribution in [-0.4, -0.2) is 53.5 Å². The Labute approximate surface area is 227 Å². The van der Waals surface area contributed by atoms with E-state index in [4.69, 9.17) is 16.3 Å². The second-order valence-electron chi connectivity index (χ2n) is 9.00. The topological polar surface area (TPSA) is 75.6 Å². The Kier molecular flexibility index (Phi) is 9.41. The maximum Gasteiger partial charge on any atom is 0.310 e. The Morgan fingerprint density at radius 2 is 1.89 bits per heavy atom. The molecule has 0 aliphatic carbocycles. The lowest BCUT2D eigenvalue weighted by molar-refractivity contribution is -0.149. The van der Waals surface area contributed by atoms with Gasteiger partial charge in [-0.3, -0.25) is 9.59 Å². The molecule has 1 unspecified atom stereocenters. The quantitative estimate of drug-likeness (QED) is 0.155. The third-order valence-electron chi connectivity index (χ3n) is 6.18. The van der Waals surface area contributed by atoms with E-state index in [1.54, 1.807) is 17.9 Å². The third-order valence-corrected chi connectivity index (χ3v) is 7.30. The number of ether oxygens (including phenoxy) is 1. The molecule has 2 aromatic carbocycles. The fourth-order valence-electron chi connectivity index (χ4n) is 4.32. The molecule has 0 radical (unpaired) electrons. The lowest BCUT2D eigenvalue weighted by Gasteiger charge is -2.31. The van der Waals surface area contributed by atoms with Crippen LogP contribution in [0.5, 0.6) is 0 Å². The Hall–Kier alpha value is -3.10. The summed E-state index contributed by atoms with van der Waals surface area (Å²) in [6.45, 7) is 3.89. The first-order valence-electron chi connectivity index (χ1n) is 12.4. The number of rotatable bonds is 9. The summed E-state index contributed by atoms with van der Waals surface area (Å²) < 4.78 is 5.17. The van der Waals surface area contributed by atoms with Crippen molar-refractivity contribution in [2.75, 3.05) is 31.6 Å². The molecule has 194 valence electrons. The Balaban J connectivity index is 1.39. The minimum absolute atomic E-state index is 0.0651. The van der Waals surface area contributed by atoms with Crippen molar-refractivity contribution in [3.63, 3.8) is 0 Å². The fourth-order valence-corrected chi connectivity index (χ4v) is 5.35. The van der Waals surface area contributed by atoms with Crippen LogP contribution in [0.15, 0.2) is 65.8 Å². The van der Waals surface area contributed by atoms with Crippen molar-refractivity contribution in [2.24, 2.45) is 5.92 Å². The summed E-state index contributed by atoms with van der Waals surface area (Å²) in [7, 11) is 1.97. The molecule has 3 aromatic rings. The zero-order valence-electron chi connectivity index (χ0n) is 21.1. The van der Waals surface area contributed by atoms with Crippen molar-refractivity contribution in [3.05, 3.63) is 82.5 Å². The molecule has 1 aliphatic heterocycles. The van der Waals surface area contributed by atoms with Crippen LogP contribution >= 0.6 is 23.4 Å². The van der Waals surface area contributed by atoms with Gasteiger partial charge in [0.15, 0.2) is 5.16 Å². The van der Waals surface area contributed by atoms with Crippen LogP contribution < -0.4 is 4.90 Å². The summed E-state index contributed by atoms with van der Waals surface area (Å²) in [4.78, 5) is 38.2. The first-order valence-corrected chi connectivity index (χ1v) is 13.8. The molecule has 2 heterocycles. The number of aromatic nitrogens is 2. The average molecular weight is 539 g/mol. The summed E-state index contributed by atoms with van der Waals surface area (Å²) in [5.41, 5.74) is 2.77. The number of likely N-dealkylation sites (tertiary alicyclic amines) is 1. The summed E-state index contributed by atoms with van der Waals surface area (Å²) in [6.07, 6.45) is 1.54. The van der Waals surface area contributed by atoms with Crippen molar-refractivity contribution in [1.29, 1.82) is 0 Å². The van der Waals surface area contributed by atoms with Crippen LogP contribution in [0.4, 0.5) is 5.82 Å². The molecular weight excluding hydrogens is 508 g/mol. The summed E-state index contributed by atoms with van der Waals surface area (Å²) in [5.74, 6) is 0.793. The number of esters is 1. The predicted molar refractivity (Wildman–Crippen MR) is 147 cm³/mol. The third kappa shape index (κ3) is 7.46. The van der Waals surface area contributed by atoms with Crippen LogP contribution in [0.1, 0.15) is 41.3 Å². The molecule has 7 nitrogen and oxygen atoms in total. The van der Waals surface area contributed by atoms with E-state index in [1.165, 1.54) is 17.3 Å². The van der Waals surface area contributed by atoms with Crippen molar-refractivity contribution in [2.45, 2.75) is 37.2 Å². The van der Waals surface area contributed by atoms with Gasteiger partial charge in [-0.05, 0) is 43.0 Å². The molecule has 1 fully saturated rings. The number of nitrogens with zero attached hydrogens (tertiary/aromatic N) is 4. The first kappa shape index (κ1) is 26.9. The minimum atomic E-state index is -0.259. The van der Waals surface area contributed by atoms with Crippen LogP contribution in [0, 0.1) is 5.92 Å². The highest BCUT2D eigenvalue weighted by atomic mass is 35.5. The SMILES string of the molecule is CCOC(=O)C1CCCN(C(=O)c2cccc(CSc3nc(Cl)cc(N(C)Cc4ccccc4)n3)c2)C1. The molecular formula is C28H31ClN4O3S. The molecule has 0 N–H and O–H groups in total. The zero-order valence-corrected chi connectivity index (χ0v) is 22.7. The highest BCUT2D eigenvalue weighted by molar-refractivity contribution is 7.98. The summed E-state index contributed by atoms with van der Waals surface area (Å²) >= 11 is 7.78. The Bertz CT molecular complexity index is 1230. The number of halogens is 1. The second kappa shape index (κ2) is 12.9. The lowest BCUT2D eigenvalue weighted by Crippen LogP contribution is -2.42. The van der Waals surface area contributed by atoms with Gasteiger partial charge in [-0.15, -0.1) is 0 Å². The van der Waals surface area contributed by atoms with Gasteiger partial charge in [0.05, 0.1) is 12.5 Å². The van der Waals surface area contributed by atoms with E-state index in [0.29, 0.717) is 47.9 Å². The van der Waals surface area contributed by atoms with Gasteiger partial charge in [-0.25, -0.2) is 9.97 Å². The second-order valence-corrected chi connectivity index (χ2v) is 10.3. The first-order chi connectivity index (χ1) is 17.9. The van der Waals surface area contributed by atoms with Crippen LogP contribution in [-0.2, 0) is 21.8 Å². The molecule has 9 heteroatoms. The maximum absolute atomic E-state index is 13.2. The van der Waals surface area contributed by atoms with Gasteiger partial charge in [0, 0.05) is 44.1 Å². The molecule has 1 saturated heterocycles. The molecule has 1 aliphatic rings. The molecule has 1 atom stereocenters. The molecule has 1 amide bonds. The van der Waals surface area contributed by atoms with E-state index in [-0.39, 0.29) is 17.8 Å². The predicted octanol–water partition coefficient (Wildman–Crippen LogP) is 5.47. The normalized spacial score (nSPS) is 15.3. The molecule has 0 spiro atoms. The van der Waals surface area contributed by atoms with E-state index in [9.17, 15) is 9.59 Å². The number of thioether (sulfide) groups is 1. The highest BCUT2D eigenvalue weighted by Gasteiger charge is 2.29. The largest absolute Gasteiger partial charge is 0.466 e. The smallest absolute Gasteiger partial charge is 0.310 e. The van der Waals surface area contributed by atoms with Crippen molar-refractivity contribution in [1.82, 2.24) is 14.9 Å². The Morgan fingerprint density at radius 1 is 1.11 bits per heavy atom. The van der Waals surface area contributed by atoms with Gasteiger partial charge >= 0.3 is 5.97 Å². The van der Waals surface area contributed by atoms with Gasteiger partial charge in [0.1, 0.15) is 11.0 Å². The fraction of sp³-hybridized carbons (Fsp3) is 0.357. The van der Waals surface area contributed by atoms with Crippen LogP contribution in [0.2, 0.25) is 5.15 Å².